The molecular weight excluding hydrogens is 284 g/mol. The van der Waals surface area contributed by atoms with Crippen LogP contribution in [0.2, 0.25) is 0 Å². The first-order valence-corrected chi connectivity index (χ1v) is 6.01. The molecule has 0 radical (unpaired) electrons. The van der Waals surface area contributed by atoms with Gasteiger partial charge in [-0.15, -0.1) is 0 Å². The van der Waals surface area contributed by atoms with Crippen LogP contribution in [-0.2, 0) is 19.1 Å². The molecule has 21 heavy (non-hydrogen) atoms. The number of carbonyl (C=O) groups is 2. The van der Waals surface area contributed by atoms with E-state index in [2.05, 4.69) is 22.6 Å². The molecule has 0 bridgehead atoms. The minimum absolute atomic E-state index is 0.00333. The average molecular weight is 306 g/mol. The molecule has 0 saturated heterocycles. The van der Waals surface area contributed by atoms with Crippen LogP contribution in [0.3, 0.4) is 0 Å². The molecule has 0 aliphatic rings. The van der Waals surface area contributed by atoms with Gasteiger partial charge in [0, 0.05) is 18.1 Å². The van der Waals surface area contributed by atoms with Crippen LogP contribution in [0, 0.1) is 0 Å². The summed E-state index contributed by atoms with van der Waals surface area (Å²) in [5, 5.41) is 33.6. The second-order valence-electron chi connectivity index (χ2n) is 3.86. The van der Waals surface area contributed by atoms with E-state index < -0.39 is 30.9 Å². The molecule has 0 rings (SSSR count). The summed E-state index contributed by atoms with van der Waals surface area (Å²) in [7, 11) is 0. The van der Waals surface area contributed by atoms with Crippen molar-refractivity contribution in [3.05, 3.63) is 24.8 Å². The lowest BCUT2D eigenvalue weighted by Gasteiger charge is -2.05. The first-order chi connectivity index (χ1) is 9.74. The molecule has 122 valence electrons. The fraction of sp³-hybridized carbons (Fsp3) is 0.538. The van der Waals surface area contributed by atoms with Crippen LogP contribution in [0.4, 0.5) is 0 Å². The van der Waals surface area contributed by atoms with Gasteiger partial charge in [-0.3, -0.25) is 0 Å². The van der Waals surface area contributed by atoms with Crippen molar-refractivity contribution in [3.8, 4) is 0 Å². The maximum absolute atomic E-state index is 10.6. The van der Waals surface area contributed by atoms with E-state index in [0.29, 0.717) is 5.57 Å². The Labute approximate surface area is 122 Å². The minimum Gasteiger partial charge on any atom is -0.462 e. The number of rotatable bonds is 8. The molecule has 0 aliphatic heterocycles. The topological polar surface area (TPSA) is 134 Å². The fourth-order valence-corrected chi connectivity index (χ4v) is 0.670. The van der Waals surface area contributed by atoms with Gasteiger partial charge >= 0.3 is 11.9 Å². The van der Waals surface area contributed by atoms with Gasteiger partial charge in [0.1, 0.15) is 12.7 Å². The number of aliphatic hydroxyl groups is 4. The molecule has 8 nitrogen and oxygen atoms in total. The van der Waals surface area contributed by atoms with Gasteiger partial charge in [-0.2, -0.15) is 0 Å². The van der Waals surface area contributed by atoms with Crippen molar-refractivity contribution in [2.24, 2.45) is 0 Å². The van der Waals surface area contributed by atoms with E-state index in [1.54, 1.807) is 0 Å². The normalized spacial score (nSPS) is 11.0. The molecule has 1 atom stereocenters. The van der Waals surface area contributed by atoms with Crippen LogP contribution in [0.5, 0.6) is 0 Å². The summed E-state index contributed by atoms with van der Waals surface area (Å²) in [4.78, 5) is 20.9. The monoisotopic (exact) mass is 306 g/mol. The number of hydrogen-bond donors (Lipinski definition) is 4. The largest absolute Gasteiger partial charge is 0.462 e. The van der Waals surface area contributed by atoms with E-state index in [0.717, 1.165) is 6.08 Å². The SMILES string of the molecule is C=C(C)C(=O)OCCC(O)O.C=CC(=O)OCC(O)CO. The average Bonchev–Trinajstić information content (AvgIpc) is 2.44. The summed E-state index contributed by atoms with van der Waals surface area (Å²) < 4.78 is 8.93. The molecule has 4 N–H and O–H groups in total. The molecule has 0 aromatic rings. The predicted octanol–water partition coefficient (Wildman–Crippen LogP) is -1.12. The lowest BCUT2D eigenvalue weighted by atomic mass is 10.3. The maximum Gasteiger partial charge on any atom is 0.333 e. The van der Waals surface area contributed by atoms with Crippen molar-refractivity contribution in [1.82, 2.24) is 0 Å². The van der Waals surface area contributed by atoms with E-state index in [1.807, 2.05) is 0 Å². The summed E-state index contributed by atoms with van der Waals surface area (Å²) in [5.74, 6) is -1.11. The van der Waals surface area contributed by atoms with Crippen LogP contribution in [0.1, 0.15) is 13.3 Å². The molecule has 0 amide bonds. The standard InChI is InChI=1S/C7H12O4.C6H10O4/c1-5(2)7(10)11-4-3-6(8)9;1-2-6(9)10-4-5(8)3-7/h6,8-9H,1,3-4H2,2H3;2,5,7-8H,1,3-4H2. The molecule has 0 fully saturated rings. The Kier molecular flexibility index (Phi) is 13.6. The molecule has 0 heterocycles. The molecule has 8 heteroatoms. The number of aliphatic hydroxyl groups excluding tert-OH is 3. The van der Waals surface area contributed by atoms with Crippen LogP contribution >= 0.6 is 0 Å². The van der Waals surface area contributed by atoms with E-state index >= 15 is 0 Å². The van der Waals surface area contributed by atoms with Crippen LogP contribution < -0.4 is 0 Å². The molecule has 0 aliphatic carbocycles. The van der Waals surface area contributed by atoms with Crippen LogP contribution in [0.15, 0.2) is 24.8 Å². The van der Waals surface area contributed by atoms with Gasteiger partial charge in [-0.1, -0.05) is 13.2 Å². The third-order valence-electron chi connectivity index (χ3n) is 1.75. The highest BCUT2D eigenvalue weighted by Crippen LogP contribution is 1.94. The van der Waals surface area contributed by atoms with Gasteiger partial charge in [-0.05, 0) is 6.92 Å². The highest BCUT2D eigenvalue weighted by atomic mass is 16.5. The van der Waals surface area contributed by atoms with Gasteiger partial charge in [0.15, 0.2) is 6.29 Å². The number of carbonyl (C=O) groups excluding carboxylic acids is 2. The first kappa shape index (κ1) is 21.6. The Morgan fingerprint density at radius 3 is 2.19 bits per heavy atom. The zero-order chi connectivity index (χ0) is 16.8. The molecule has 0 spiro atoms. The van der Waals surface area contributed by atoms with Gasteiger partial charge in [0.2, 0.25) is 0 Å². The van der Waals surface area contributed by atoms with E-state index in [4.69, 9.17) is 20.4 Å². The lowest BCUT2D eigenvalue weighted by molar-refractivity contribution is -0.142. The van der Waals surface area contributed by atoms with Crippen LogP contribution in [0.25, 0.3) is 0 Å². The van der Waals surface area contributed by atoms with Crippen molar-refractivity contribution >= 4 is 11.9 Å². The Hall–Kier alpha value is -1.74. The summed E-state index contributed by atoms with van der Waals surface area (Å²) in [6.07, 6.45) is -1.40. The third kappa shape index (κ3) is 16.2. The third-order valence-corrected chi connectivity index (χ3v) is 1.75. The van der Waals surface area contributed by atoms with Crippen molar-refractivity contribution in [1.29, 1.82) is 0 Å². The first-order valence-electron chi connectivity index (χ1n) is 6.01. The molecule has 0 aromatic heterocycles. The second kappa shape index (κ2) is 13.3. The summed E-state index contributed by atoms with van der Waals surface area (Å²) in [5.41, 5.74) is 0.303. The quantitative estimate of drug-likeness (QED) is 0.252. The molecule has 0 saturated carbocycles. The van der Waals surface area contributed by atoms with Crippen molar-refractivity contribution < 1.29 is 39.5 Å². The lowest BCUT2D eigenvalue weighted by Crippen LogP contribution is -2.21. The highest BCUT2D eigenvalue weighted by Gasteiger charge is 2.04. The van der Waals surface area contributed by atoms with Crippen molar-refractivity contribution in [2.75, 3.05) is 19.8 Å². The number of hydrogen-bond acceptors (Lipinski definition) is 8. The summed E-state index contributed by atoms with van der Waals surface area (Å²) in [6.45, 7) is 7.42. The van der Waals surface area contributed by atoms with Gasteiger partial charge < -0.3 is 29.9 Å². The minimum atomic E-state index is -1.42. The summed E-state index contributed by atoms with van der Waals surface area (Å²) >= 11 is 0. The highest BCUT2D eigenvalue weighted by molar-refractivity contribution is 5.86. The van der Waals surface area contributed by atoms with Crippen LogP contribution in [-0.4, -0.2) is 64.6 Å². The van der Waals surface area contributed by atoms with Gasteiger partial charge in [0.25, 0.3) is 0 Å². The Balaban J connectivity index is 0. The molecular formula is C13H22O8. The zero-order valence-electron chi connectivity index (χ0n) is 11.9. The Morgan fingerprint density at radius 1 is 1.24 bits per heavy atom. The maximum atomic E-state index is 10.6. The zero-order valence-corrected chi connectivity index (χ0v) is 11.9. The van der Waals surface area contributed by atoms with Gasteiger partial charge in [0.05, 0.1) is 13.2 Å². The fourth-order valence-electron chi connectivity index (χ4n) is 0.670. The van der Waals surface area contributed by atoms with E-state index in [1.165, 1.54) is 6.92 Å². The predicted molar refractivity (Wildman–Crippen MR) is 72.9 cm³/mol. The molecule has 0 aromatic carbocycles. The van der Waals surface area contributed by atoms with Crippen molar-refractivity contribution in [3.63, 3.8) is 0 Å². The van der Waals surface area contributed by atoms with E-state index in [-0.39, 0.29) is 19.6 Å². The number of ether oxygens (including phenoxy) is 2. The summed E-state index contributed by atoms with van der Waals surface area (Å²) in [6, 6.07) is 0. The smallest absolute Gasteiger partial charge is 0.333 e. The number of esters is 2. The molecule has 1 unspecified atom stereocenters. The van der Waals surface area contributed by atoms with E-state index in [9.17, 15) is 9.59 Å². The second-order valence-corrected chi connectivity index (χ2v) is 3.86. The van der Waals surface area contributed by atoms with Gasteiger partial charge in [-0.25, -0.2) is 9.59 Å². The van der Waals surface area contributed by atoms with Crippen molar-refractivity contribution in [2.45, 2.75) is 25.7 Å². The Morgan fingerprint density at radius 2 is 1.81 bits per heavy atom. The Bertz CT molecular complexity index is 337.